The van der Waals surface area contributed by atoms with Crippen LogP contribution >= 0.6 is 0 Å². The SMILES string of the molecule is C=C(Nc1nc(NC2CC2)nc(C2=C(F)[C@H](O)C(F)(F)CC2)n1)C(F)(F)F. The van der Waals surface area contributed by atoms with E-state index in [4.69, 9.17) is 0 Å². The van der Waals surface area contributed by atoms with E-state index in [2.05, 4.69) is 26.8 Å². The molecule has 1 fully saturated rings. The molecule has 0 unspecified atom stereocenters. The van der Waals surface area contributed by atoms with Crippen LogP contribution in [0.3, 0.4) is 0 Å². The lowest BCUT2D eigenvalue weighted by molar-refractivity contribution is -0.107. The summed E-state index contributed by atoms with van der Waals surface area (Å²) in [6, 6.07) is 0.0130. The van der Waals surface area contributed by atoms with Crippen molar-refractivity contribution < 1.29 is 31.4 Å². The van der Waals surface area contributed by atoms with Gasteiger partial charge in [-0.1, -0.05) is 6.58 Å². The number of hydrogen-bond acceptors (Lipinski definition) is 6. The number of rotatable bonds is 5. The molecule has 0 aromatic carbocycles. The van der Waals surface area contributed by atoms with Gasteiger partial charge in [-0.2, -0.15) is 28.1 Å². The Morgan fingerprint density at radius 3 is 2.37 bits per heavy atom. The van der Waals surface area contributed by atoms with Crippen LogP contribution in [0.25, 0.3) is 5.57 Å². The monoisotopic (exact) mass is 395 g/mol. The van der Waals surface area contributed by atoms with Gasteiger partial charge in [0.15, 0.2) is 11.9 Å². The Hall–Kier alpha value is -2.37. The lowest BCUT2D eigenvalue weighted by atomic mass is 9.92. The lowest BCUT2D eigenvalue weighted by Gasteiger charge is -2.27. The molecule has 0 bridgehead atoms. The maximum atomic E-state index is 14.2. The molecule has 1 atom stereocenters. The van der Waals surface area contributed by atoms with Gasteiger partial charge in [0.05, 0.1) is 0 Å². The molecule has 1 aromatic rings. The van der Waals surface area contributed by atoms with Crippen molar-refractivity contribution in [1.29, 1.82) is 0 Å². The fourth-order valence-electron chi connectivity index (χ4n) is 2.36. The van der Waals surface area contributed by atoms with E-state index in [1.807, 2.05) is 5.32 Å². The van der Waals surface area contributed by atoms with Crippen molar-refractivity contribution in [2.45, 2.75) is 49.9 Å². The Morgan fingerprint density at radius 1 is 1.15 bits per heavy atom. The third-order valence-corrected chi connectivity index (χ3v) is 4.06. The zero-order valence-electron chi connectivity index (χ0n) is 13.7. The highest BCUT2D eigenvalue weighted by Crippen LogP contribution is 2.41. The van der Waals surface area contributed by atoms with Gasteiger partial charge in [-0.15, -0.1) is 0 Å². The zero-order chi connectivity index (χ0) is 20.0. The first-order valence-electron chi connectivity index (χ1n) is 7.98. The van der Waals surface area contributed by atoms with Crippen LogP contribution in [-0.2, 0) is 0 Å². The number of nitrogens with zero attached hydrogens (tertiary/aromatic N) is 3. The molecule has 0 aliphatic heterocycles. The Bertz CT molecular complexity index is 789. The highest BCUT2D eigenvalue weighted by Gasteiger charge is 2.46. The van der Waals surface area contributed by atoms with E-state index in [0.29, 0.717) is 0 Å². The van der Waals surface area contributed by atoms with E-state index in [9.17, 15) is 31.4 Å². The molecule has 1 aromatic heterocycles. The van der Waals surface area contributed by atoms with E-state index in [1.54, 1.807) is 0 Å². The smallest absolute Gasteiger partial charge is 0.380 e. The van der Waals surface area contributed by atoms with Crippen LogP contribution < -0.4 is 10.6 Å². The minimum absolute atomic E-state index is 0.0130. The molecule has 27 heavy (non-hydrogen) atoms. The molecule has 1 heterocycles. The number of aliphatic hydroxyl groups is 1. The van der Waals surface area contributed by atoms with E-state index in [-0.39, 0.29) is 12.0 Å². The first kappa shape index (κ1) is 19.4. The summed E-state index contributed by atoms with van der Waals surface area (Å²) in [6.45, 7) is 2.83. The molecule has 3 N–H and O–H groups in total. The fourth-order valence-corrected chi connectivity index (χ4v) is 2.36. The summed E-state index contributed by atoms with van der Waals surface area (Å²) in [5, 5.41) is 14.1. The minimum Gasteiger partial charge on any atom is -0.380 e. The van der Waals surface area contributed by atoms with E-state index < -0.39 is 59.9 Å². The van der Waals surface area contributed by atoms with Gasteiger partial charge >= 0.3 is 6.18 Å². The second-order valence-electron chi connectivity index (χ2n) is 6.32. The highest BCUT2D eigenvalue weighted by atomic mass is 19.4. The van der Waals surface area contributed by atoms with Crippen molar-refractivity contribution in [2.75, 3.05) is 10.6 Å². The maximum Gasteiger partial charge on any atom is 0.430 e. The number of halogens is 6. The number of anilines is 2. The summed E-state index contributed by atoms with van der Waals surface area (Å²) in [7, 11) is 0. The van der Waals surface area contributed by atoms with Gasteiger partial charge in [0, 0.05) is 18.0 Å². The van der Waals surface area contributed by atoms with Gasteiger partial charge in [-0.25, -0.2) is 13.2 Å². The van der Waals surface area contributed by atoms with Crippen LogP contribution in [0, 0.1) is 0 Å². The minimum atomic E-state index is -4.77. The molecule has 2 aliphatic rings. The van der Waals surface area contributed by atoms with Gasteiger partial charge in [0.1, 0.15) is 11.5 Å². The van der Waals surface area contributed by atoms with Crippen molar-refractivity contribution in [3.8, 4) is 0 Å². The molecular weight excluding hydrogens is 380 g/mol. The summed E-state index contributed by atoms with van der Waals surface area (Å²) in [4.78, 5) is 11.4. The zero-order valence-corrected chi connectivity index (χ0v) is 13.7. The van der Waals surface area contributed by atoms with E-state index in [0.717, 1.165) is 12.8 Å². The molecule has 12 heteroatoms. The first-order valence-corrected chi connectivity index (χ1v) is 7.98. The number of aromatic nitrogens is 3. The molecule has 1 saturated carbocycles. The number of nitrogens with one attached hydrogen (secondary N) is 2. The lowest BCUT2D eigenvalue weighted by Crippen LogP contribution is -2.37. The van der Waals surface area contributed by atoms with Crippen LogP contribution in [0.1, 0.15) is 31.5 Å². The van der Waals surface area contributed by atoms with Crippen molar-refractivity contribution in [3.05, 3.63) is 23.9 Å². The molecule has 6 nitrogen and oxygen atoms in total. The van der Waals surface area contributed by atoms with Crippen LogP contribution in [-0.4, -0.2) is 44.3 Å². The fraction of sp³-hybridized carbons (Fsp3) is 0.533. The summed E-state index contributed by atoms with van der Waals surface area (Å²) in [5.74, 6) is -6.31. The topological polar surface area (TPSA) is 83.0 Å². The quantitative estimate of drug-likeness (QED) is 0.663. The van der Waals surface area contributed by atoms with Crippen LogP contribution in [0.15, 0.2) is 18.1 Å². The Kier molecular flexibility index (Phi) is 4.78. The van der Waals surface area contributed by atoms with Gasteiger partial charge in [-0.3, -0.25) is 0 Å². The standard InChI is InChI=1S/C15H15F6N5O/c1-6(15(19,20)21)22-12-24-11(25-13(26-12)23-7-2-3-7)8-4-5-14(17,18)10(27)9(8)16/h7,10,27H,1-5H2,(H2,22,23,24,25,26)/t10-/m0/s1. The number of alkyl halides is 5. The molecule has 148 valence electrons. The second-order valence-corrected chi connectivity index (χ2v) is 6.32. The first-order chi connectivity index (χ1) is 12.5. The molecule has 0 saturated heterocycles. The summed E-state index contributed by atoms with van der Waals surface area (Å²) in [5.41, 5.74) is -1.77. The number of allylic oxidation sites excluding steroid dienone is 2. The largest absolute Gasteiger partial charge is 0.430 e. The van der Waals surface area contributed by atoms with E-state index >= 15 is 0 Å². The van der Waals surface area contributed by atoms with Crippen molar-refractivity contribution in [3.63, 3.8) is 0 Å². The third kappa shape index (κ3) is 4.31. The predicted octanol–water partition coefficient (Wildman–Crippen LogP) is 3.40. The van der Waals surface area contributed by atoms with E-state index in [1.165, 1.54) is 0 Å². The van der Waals surface area contributed by atoms with Crippen LogP contribution in [0.2, 0.25) is 0 Å². The number of hydrogen-bond donors (Lipinski definition) is 3. The normalized spacial score (nSPS) is 22.6. The molecular formula is C15H15F6N5O. The molecule has 3 rings (SSSR count). The van der Waals surface area contributed by atoms with Crippen molar-refractivity contribution >= 4 is 17.5 Å². The average Bonchev–Trinajstić information content (AvgIpc) is 3.35. The Labute approximate surface area is 149 Å². The van der Waals surface area contributed by atoms with Gasteiger partial charge in [0.25, 0.3) is 5.92 Å². The van der Waals surface area contributed by atoms with Gasteiger partial charge in [-0.05, 0) is 19.3 Å². The predicted molar refractivity (Wildman–Crippen MR) is 83.5 cm³/mol. The Balaban J connectivity index is 1.97. The summed E-state index contributed by atoms with van der Waals surface area (Å²) >= 11 is 0. The average molecular weight is 395 g/mol. The Morgan fingerprint density at radius 2 is 1.78 bits per heavy atom. The summed E-state index contributed by atoms with van der Waals surface area (Å²) < 4.78 is 79.1. The van der Waals surface area contributed by atoms with Gasteiger partial charge in [0.2, 0.25) is 11.9 Å². The van der Waals surface area contributed by atoms with Crippen molar-refractivity contribution in [1.82, 2.24) is 15.0 Å². The van der Waals surface area contributed by atoms with Gasteiger partial charge < -0.3 is 15.7 Å². The highest BCUT2D eigenvalue weighted by molar-refractivity contribution is 5.66. The molecule has 0 radical (unpaired) electrons. The van der Waals surface area contributed by atoms with Crippen LogP contribution in [0.5, 0.6) is 0 Å². The molecule has 2 aliphatic carbocycles. The summed E-state index contributed by atoms with van der Waals surface area (Å²) in [6.07, 6.45) is -7.21. The third-order valence-electron chi connectivity index (χ3n) is 4.06. The number of aliphatic hydroxyl groups excluding tert-OH is 1. The molecule has 0 amide bonds. The van der Waals surface area contributed by atoms with Crippen LogP contribution in [0.4, 0.5) is 38.2 Å². The second kappa shape index (κ2) is 6.66. The molecule has 0 spiro atoms. The maximum absolute atomic E-state index is 14.2. The van der Waals surface area contributed by atoms with Crippen molar-refractivity contribution in [2.24, 2.45) is 0 Å².